The average Bonchev–Trinajstić information content (AvgIpc) is 2.61. The molecule has 0 aliphatic heterocycles. The first-order valence-corrected chi connectivity index (χ1v) is 8.34. The van der Waals surface area contributed by atoms with Crippen molar-refractivity contribution in [2.75, 3.05) is 6.54 Å². The lowest BCUT2D eigenvalue weighted by atomic mass is 9.83. The van der Waals surface area contributed by atoms with Gasteiger partial charge < -0.3 is 5.32 Å². The van der Waals surface area contributed by atoms with Crippen molar-refractivity contribution >= 4 is 10.8 Å². The van der Waals surface area contributed by atoms with E-state index in [4.69, 9.17) is 0 Å². The van der Waals surface area contributed by atoms with Crippen LogP contribution in [0.5, 0.6) is 0 Å². The van der Waals surface area contributed by atoms with Gasteiger partial charge in [0.05, 0.1) is 0 Å². The summed E-state index contributed by atoms with van der Waals surface area (Å²) in [6.45, 7) is 8.19. The summed E-state index contributed by atoms with van der Waals surface area (Å²) < 4.78 is 0. The van der Waals surface area contributed by atoms with E-state index in [1.165, 1.54) is 42.0 Å². The normalized spacial score (nSPS) is 21.0. The summed E-state index contributed by atoms with van der Waals surface area (Å²) >= 11 is 0. The van der Waals surface area contributed by atoms with Crippen LogP contribution in [0.15, 0.2) is 36.4 Å². The Balaban J connectivity index is 2.09. The van der Waals surface area contributed by atoms with Crippen LogP contribution in [0, 0.1) is 5.41 Å². The maximum absolute atomic E-state index is 3.79. The maximum atomic E-state index is 3.79. The standard InChI is InChI=1S/C20H27N/c1-4-13-21-19-14-20(2,3)12-11-17-16-8-6-5-7-15(16)9-10-18(17)19/h5-10,19,21H,4,11-14H2,1-3H3. The molecule has 1 N–H and O–H groups in total. The predicted molar refractivity (Wildman–Crippen MR) is 91.7 cm³/mol. The van der Waals surface area contributed by atoms with Crippen LogP contribution in [0.1, 0.15) is 57.2 Å². The molecular formula is C20H27N. The monoisotopic (exact) mass is 281 g/mol. The largest absolute Gasteiger partial charge is 0.310 e. The van der Waals surface area contributed by atoms with Crippen molar-refractivity contribution < 1.29 is 0 Å². The highest BCUT2D eigenvalue weighted by Gasteiger charge is 2.29. The number of fused-ring (bicyclic) bond motifs is 3. The van der Waals surface area contributed by atoms with Gasteiger partial charge in [-0.3, -0.25) is 0 Å². The Morgan fingerprint density at radius 2 is 1.95 bits per heavy atom. The van der Waals surface area contributed by atoms with Crippen LogP contribution in [0.3, 0.4) is 0 Å². The molecule has 21 heavy (non-hydrogen) atoms. The molecule has 2 aromatic rings. The minimum absolute atomic E-state index is 0.408. The molecule has 0 heterocycles. The number of aryl methyl sites for hydroxylation is 1. The van der Waals surface area contributed by atoms with Gasteiger partial charge in [-0.05, 0) is 59.5 Å². The summed E-state index contributed by atoms with van der Waals surface area (Å²) in [5.41, 5.74) is 3.52. The Morgan fingerprint density at radius 1 is 1.14 bits per heavy atom. The van der Waals surface area contributed by atoms with Crippen molar-refractivity contribution in [3.63, 3.8) is 0 Å². The van der Waals surface area contributed by atoms with Crippen LogP contribution >= 0.6 is 0 Å². The first-order valence-electron chi connectivity index (χ1n) is 8.34. The lowest BCUT2D eigenvalue weighted by Gasteiger charge is -2.28. The predicted octanol–water partition coefficient (Wildman–Crippen LogP) is 5.24. The third kappa shape index (κ3) is 2.98. The van der Waals surface area contributed by atoms with Gasteiger partial charge in [-0.1, -0.05) is 57.2 Å². The molecular weight excluding hydrogens is 254 g/mol. The zero-order valence-corrected chi connectivity index (χ0v) is 13.6. The lowest BCUT2D eigenvalue weighted by molar-refractivity contribution is 0.273. The van der Waals surface area contributed by atoms with Crippen LogP contribution in [-0.2, 0) is 6.42 Å². The minimum Gasteiger partial charge on any atom is -0.310 e. The molecule has 1 unspecified atom stereocenters. The van der Waals surface area contributed by atoms with Crippen LogP contribution in [0.2, 0.25) is 0 Å². The summed E-state index contributed by atoms with van der Waals surface area (Å²) in [5.74, 6) is 0. The number of rotatable bonds is 3. The zero-order valence-electron chi connectivity index (χ0n) is 13.6. The molecule has 1 heteroatoms. The summed E-state index contributed by atoms with van der Waals surface area (Å²) in [4.78, 5) is 0. The second-order valence-corrected chi connectivity index (χ2v) is 7.23. The first kappa shape index (κ1) is 14.6. The highest BCUT2D eigenvalue weighted by atomic mass is 14.9. The zero-order chi connectivity index (χ0) is 14.9. The van der Waals surface area contributed by atoms with Crippen molar-refractivity contribution in [3.8, 4) is 0 Å². The summed E-state index contributed by atoms with van der Waals surface area (Å²) in [6, 6.07) is 14.0. The van der Waals surface area contributed by atoms with Crippen molar-refractivity contribution in [1.82, 2.24) is 5.32 Å². The van der Waals surface area contributed by atoms with Crippen molar-refractivity contribution in [1.29, 1.82) is 0 Å². The first-order chi connectivity index (χ1) is 10.1. The molecule has 3 rings (SSSR count). The maximum Gasteiger partial charge on any atom is 0.0328 e. The van der Waals surface area contributed by atoms with Gasteiger partial charge in [-0.25, -0.2) is 0 Å². The number of hydrogen-bond donors (Lipinski definition) is 1. The van der Waals surface area contributed by atoms with Gasteiger partial charge in [0, 0.05) is 6.04 Å². The molecule has 0 bridgehead atoms. The molecule has 112 valence electrons. The molecule has 1 aliphatic rings. The molecule has 0 amide bonds. The third-order valence-corrected chi connectivity index (χ3v) is 4.90. The van der Waals surface area contributed by atoms with Crippen molar-refractivity contribution in [2.24, 2.45) is 5.41 Å². The van der Waals surface area contributed by atoms with E-state index in [0.717, 1.165) is 6.54 Å². The van der Waals surface area contributed by atoms with Crippen molar-refractivity contribution in [2.45, 2.75) is 52.5 Å². The number of nitrogens with one attached hydrogen (secondary N) is 1. The highest BCUT2D eigenvalue weighted by molar-refractivity contribution is 5.87. The fraction of sp³-hybridized carbons (Fsp3) is 0.500. The SMILES string of the molecule is CCCNC1CC(C)(C)CCc2c1ccc1ccccc21. The fourth-order valence-electron chi connectivity index (χ4n) is 3.69. The Labute approximate surface area is 128 Å². The lowest BCUT2D eigenvalue weighted by Crippen LogP contribution is -2.26. The fourth-order valence-corrected chi connectivity index (χ4v) is 3.69. The Bertz CT molecular complexity index is 627. The van der Waals surface area contributed by atoms with Crippen LogP contribution in [0.25, 0.3) is 10.8 Å². The van der Waals surface area contributed by atoms with Gasteiger partial charge in [0.2, 0.25) is 0 Å². The number of hydrogen-bond acceptors (Lipinski definition) is 1. The van der Waals surface area contributed by atoms with Gasteiger partial charge in [-0.15, -0.1) is 0 Å². The molecule has 0 saturated carbocycles. The van der Waals surface area contributed by atoms with Gasteiger partial charge >= 0.3 is 0 Å². The summed E-state index contributed by atoms with van der Waals surface area (Å²) in [6.07, 6.45) is 4.91. The van der Waals surface area contributed by atoms with E-state index in [1.54, 1.807) is 5.56 Å². The van der Waals surface area contributed by atoms with Gasteiger partial charge in [0.15, 0.2) is 0 Å². The molecule has 0 radical (unpaired) electrons. The van der Waals surface area contributed by atoms with E-state index in [2.05, 4.69) is 62.5 Å². The van der Waals surface area contributed by atoms with E-state index in [0.29, 0.717) is 11.5 Å². The Hall–Kier alpha value is -1.34. The second kappa shape index (κ2) is 5.81. The Morgan fingerprint density at radius 3 is 2.76 bits per heavy atom. The minimum atomic E-state index is 0.408. The molecule has 0 fully saturated rings. The topological polar surface area (TPSA) is 12.0 Å². The number of benzene rings is 2. The molecule has 0 aromatic heterocycles. The molecule has 2 aromatic carbocycles. The van der Waals surface area contributed by atoms with E-state index >= 15 is 0 Å². The smallest absolute Gasteiger partial charge is 0.0328 e. The van der Waals surface area contributed by atoms with Gasteiger partial charge in [0.1, 0.15) is 0 Å². The van der Waals surface area contributed by atoms with Gasteiger partial charge in [-0.2, -0.15) is 0 Å². The van der Waals surface area contributed by atoms with Crippen LogP contribution in [0.4, 0.5) is 0 Å². The van der Waals surface area contributed by atoms with Crippen molar-refractivity contribution in [3.05, 3.63) is 47.5 Å². The molecule has 1 nitrogen and oxygen atoms in total. The quantitative estimate of drug-likeness (QED) is 0.758. The molecule has 1 atom stereocenters. The second-order valence-electron chi connectivity index (χ2n) is 7.23. The molecule has 0 spiro atoms. The van der Waals surface area contributed by atoms with E-state index in [-0.39, 0.29) is 0 Å². The average molecular weight is 281 g/mol. The van der Waals surface area contributed by atoms with E-state index in [9.17, 15) is 0 Å². The van der Waals surface area contributed by atoms with Gasteiger partial charge in [0.25, 0.3) is 0 Å². The highest BCUT2D eigenvalue weighted by Crippen LogP contribution is 2.41. The Kier molecular flexibility index (Phi) is 4.03. The summed E-state index contributed by atoms with van der Waals surface area (Å²) in [7, 11) is 0. The molecule has 0 saturated heterocycles. The van der Waals surface area contributed by atoms with E-state index < -0.39 is 0 Å². The van der Waals surface area contributed by atoms with Crippen LogP contribution in [-0.4, -0.2) is 6.54 Å². The van der Waals surface area contributed by atoms with E-state index in [1.807, 2.05) is 0 Å². The molecule has 1 aliphatic carbocycles. The van der Waals surface area contributed by atoms with Crippen LogP contribution < -0.4 is 5.32 Å². The third-order valence-electron chi connectivity index (χ3n) is 4.90. The summed E-state index contributed by atoms with van der Waals surface area (Å²) in [5, 5.41) is 6.62.